The number of aryl methyl sites for hydroxylation is 1. The highest BCUT2D eigenvalue weighted by Gasteiger charge is 2.51. The van der Waals surface area contributed by atoms with Crippen molar-refractivity contribution in [3.8, 4) is 0 Å². The topological polar surface area (TPSA) is 40.6 Å². The molecule has 0 atom stereocenters. The minimum absolute atomic E-state index is 0.224. The highest BCUT2D eigenvalue weighted by Crippen LogP contribution is 2.61. The van der Waals surface area contributed by atoms with E-state index in [9.17, 15) is 9.59 Å². The quantitative estimate of drug-likeness (QED) is 0.760. The first-order valence-corrected chi connectivity index (χ1v) is 11.7. The van der Waals surface area contributed by atoms with Crippen LogP contribution in [-0.4, -0.2) is 47.8 Å². The summed E-state index contributed by atoms with van der Waals surface area (Å²) in [7, 11) is 0. The van der Waals surface area contributed by atoms with Gasteiger partial charge in [-0.25, -0.2) is 0 Å². The van der Waals surface area contributed by atoms with Gasteiger partial charge in [-0.1, -0.05) is 30.3 Å². The molecular weight excluding hydrogens is 360 g/mol. The fraction of sp³-hybridized carbons (Fsp3) is 0.680. The van der Waals surface area contributed by atoms with Crippen LogP contribution in [0.3, 0.4) is 0 Å². The lowest BCUT2D eigenvalue weighted by molar-refractivity contribution is -0.144. The molecule has 5 aliphatic rings. The van der Waals surface area contributed by atoms with Gasteiger partial charge < -0.3 is 9.80 Å². The highest BCUT2D eigenvalue weighted by atomic mass is 16.2. The smallest absolute Gasteiger partial charge is 0.223 e. The van der Waals surface area contributed by atoms with Crippen molar-refractivity contribution >= 4 is 11.8 Å². The summed E-state index contributed by atoms with van der Waals surface area (Å²) in [6, 6.07) is 10.2. The molecule has 4 nitrogen and oxygen atoms in total. The Bertz CT molecular complexity index is 716. The van der Waals surface area contributed by atoms with Gasteiger partial charge in [-0.15, -0.1) is 0 Å². The van der Waals surface area contributed by atoms with Crippen LogP contribution < -0.4 is 0 Å². The average molecular weight is 395 g/mol. The maximum Gasteiger partial charge on any atom is 0.223 e. The Morgan fingerprint density at radius 2 is 1.31 bits per heavy atom. The van der Waals surface area contributed by atoms with Crippen molar-refractivity contribution in [2.45, 2.75) is 57.8 Å². The third kappa shape index (κ3) is 4.08. The molecule has 4 bridgehead atoms. The molecule has 1 saturated heterocycles. The lowest BCUT2D eigenvalue weighted by atomic mass is 9.49. The first kappa shape index (κ1) is 19.1. The zero-order valence-corrected chi connectivity index (χ0v) is 17.5. The van der Waals surface area contributed by atoms with Gasteiger partial charge in [0, 0.05) is 39.0 Å². The molecule has 0 spiro atoms. The summed E-state index contributed by atoms with van der Waals surface area (Å²) >= 11 is 0. The number of piperazine rings is 1. The molecule has 5 fully saturated rings. The molecule has 4 saturated carbocycles. The third-order valence-corrected chi connectivity index (χ3v) is 8.15. The molecule has 156 valence electrons. The Balaban J connectivity index is 1.10. The van der Waals surface area contributed by atoms with Gasteiger partial charge in [-0.2, -0.15) is 0 Å². The van der Waals surface area contributed by atoms with E-state index < -0.39 is 0 Å². The molecule has 4 aliphatic carbocycles. The van der Waals surface area contributed by atoms with E-state index in [1.807, 2.05) is 28.0 Å². The number of hydrogen-bond donors (Lipinski definition) is 0. The van der Waals surface area contributed by atoms with Crippen molar-refractivity contribution in [2.75, 3.05) is 26.2 Å². The van der Waals surface area contributed by atoms with E-state index >= 15 is 0 Å². The molecule has 1 aromatic carbocycles. The Hall–Kier alpha value is -1.84. The van der Waals surface area contributed by atoms with Gasteiger partial charge >= 0.3 is 0 Å². The normalized spacial score (nSPS) is 33.2. The molecule has 4 heteroatoms. The summed E-state index contributed by atoms with van der Waals surface area (Å²) < 4.78 is 0. The second kappa shape index (κ2) is 7.77. The number of carbonyl (C=O) groups excluding carboxylic acids is 2. The Kier molecular flexibility index (Phi) is 5.13. The molecule has 0 aromatic heterocycles. The van der Waals surface area contributed by atoms with Gasteiger partial charge in [-0.05, 0) is 73.7 Å². The molecule has 6 rings (SSSR count). The van der Waals surface area contributed by atoms with E-state index in [1.165, 1.54) is 44.1 Å². The highest BCUT2D eigenvalue weighted by molar-refractivity contribution is 5.79. The monoisotopic (exact) mass is 394 g/mol. The molecule has 0 radical (unpaired) electrons. The number of rotatable bonds is 5. The predicted molar refractivity (Wildman–Crippen MR) is 113 cm³/mol. The minimum Gasteiger partial charge on any atom is -0.339 e. The molecule has 1 aromatic rings. The van der Waals surface area contributed by atoms with Gasteiger partial charge in [0.25, 0.3) is 0 Å². The van der Waals surface area contributed by atoms with E-state index in [2.05, 4.69) is 12.1 Å². The van der Waals surface area contributed by atoms with Crippen molar-refractivity contribution in [1.82, 2.24) is 9.80 Å². The van der Waals surface area contributed by atoms with Crippen molar-refractivity contribution in [3.05, 3.63) is 35.9 Å². The first-order chi connectivity index (χ1) is 14.1. The SMILES string of the molecule is O=C(CCc1ccccc1)N1CCN(C(=O)CC23CC4CC(CC(C4)C2)C3)CC1. The van der Waals surface area contributed by atoms with Crippen LogP contribution in [0.4, 0.5) is 0 Å². The number of nitrogens with zero attached hydrogens (tertiary/aromatic N) is 2. The van der Waals surface area contributed by atoms with Crippen LogP contribution in [0.1, 0.15) is 56.9 Å². The number of benzene rings is 1. The van der Waals surface area contributed by atoms with Crippen molar-refractivity contribution in [1.29, 1.82) is 0 Å². The summed E-state index contributed by atoms with van der Waals surface area (Å²) in [6.45, 7) is 2.81. The predicted octanol–water partition coefficient (Wildman–Crippen LogP) is 3.90. The van der Waals surface area contributed by atoms with Crippen LogP contribution in [0.25, 0.3) is 0 Å². The first-order valence-electron chi connectivity index (χ1n) is 11.7. The number of amides is 2. The number of hydrogen-bond acceptors (Lipinski definition) is 2. The molecular formula is C25H34N2O2. The second-order valence-corrected chi connectivity index (χ2v) is 10.3. The fourth-order valence-corrected chi connectivity index (χ4v) is 7.20. The third-order valence-electron chi connectivity index (χ3n) is 8.15. The van der Waals surface area contributed by atoms with Crippen LogP contribution in [-0.2, 0) is 16.0 Å². The van der Waals surface area contributed by atoms with Crippen LogP contribution in [0.5, 0.6) is 0 Å². The summed E-state index contributed by atoms with van der Waals surface area (Å²) in [4.78, 5) is 29.7. The Morgan fingerprint density at radius 1 is 0.793 bits per heavy atom. The van der Waals surface area contributed by atoms with E-state index in [0.29, 0.717) is 43.9 Å². The van der Waals surface area contributed by atoms with Crippen molar-refractivity contribution in [2.24, 2.45) is 23.2 Å². The zero-order valence-electron chi connectivity index (χ0n) is 17.5. The van der Waals surface area contributed by atoms with Crippen molar-refractivity contribution in [3.63, 3.8) is 0 Å². The molecule has 0 unspecified atom stereocenters. The molecule has 2 amide bonds. The van der Waals surface area contributed by atoms with Gasteiger partial charge in [-0.3, -0.25) is 9.59 Å². The second-order valence-electron chi connectivity index (χ2n) is 10.3. The van der Waals surface area contributed by atoms with Crippen LogP contribution in [0, 0.1) is 23.2 Å². The van der Waals surface area contributed by atoms with Gasteiger partial charge in [0.15, 0.2) is 0 Å². The van der Waals surface area contributed by atoms with Gasteiger partial charge in [0.2, 0.25) is 11.8 Å². The maximum absolute atomic E-state index is 13.1. The lowest BCUT2D eigenvalue weighted by Gasteiger charge is -2.57. The summed E-state index contributed by atoms with van der Waals surface area (Å²) in [5, 5.41) is 0. The largest absolute Gasteiger partial charge is 0.339 e. The fourth-order valence-electron chi connectivity index (χ4n) is 7.20. The van der Waals surface area contributed by atoms with E-state index in [4.69, 9.17) is 0 Å². The number of carbonyl (C=O) groups is 2. The Labute approximate surface area is 174 Å². The van der Waals surface area contributed by atoms with Crippen molar-refractivity contribution < 1.29 is 9.59 Å². The van der Waals surface area contributed by atoms with E-state index in [-0.39, 0.29) is 5.91 Å². The molecule has 1 heterocycles. The standard InChI is InChI=1S/C25H34N2O2/c28-23(7-6-19-4-2-1-3-5-19)26-8-10-27(11-9-26)24(29)18-25-15-20-12-21(16-25)14-22(13-20)17-25/h1-5,20-22H,6-18H2. The summed E-state index contributed by atoms with van der Waals surface area (Å²) in [5.74, 6) is 3.26. The average Bonchev–Trinajstić information content (AvgIpc) is 2.71. The molecule has 29 heavy (non-hydrogen) atoms. The Morgan fingerprint density at radius 3 is 1.86 bits per heavy atom. The van der Waals surface area contributed by atoms with E-state index in [0.717, 1.165) is 30.6 Å². The minimum atomic E-state index is 0.224. The van der Waals surface area contributed by atoms with Crippen LogP contribution in [0.15, 0.2) is 30.3 Å². The summed E-state index contributed by atoms with van der Waals surface area (Å²) in [5.41, 5.74) is 1.53. The summed E-state index contributed by atoms with van der Waals surface area (Å²) in [6.07, 6.45) is 10.3. The lowest BCUT2D eigenvalue weighted by Crippen LogP contribution is -2.53. The van der Waals surface area contributed by atoms with Crippen LogP contribution in [0.2, 0.25) is 0 Å². The van der Waals surface area contributed by atoms with E-state index in [1.54, 1.807) is 0 Å². The molecule has 1 aliphatic heterocycles. The molecule has 0 N–H and O–H groups in total. The van der Waals surface area contributed by atoms with Gasteiger partial charge in [0.05, 0.1) is 0 Å². The zero-order chi connectivity index (χ0) is 19.8. The maximum atomic E-state index is 13.1. The van der Waals surface area contributed by atoms with Crippen LogP contribution >= 0.6 is 0 Å². The van der Waals surface area contributed by atoms with Gasteiger partial charge in [0.1, 0.15) is 0 Å².